The number of hydrogen-bond donors (Lipinski definition) is 3. The Bertz CT molecular complexity index is 878. The molecule has 2 aromatic rings. The number of amides is 1. The molecule has 0 aromatic carbocycles. The van der Waals surface area contributed by atoms with E-state index in [1.54, 1.807) is 23.8 Å². The molecule has 2 atom stereocenters. The van der Waals surface area contributed by atoms with Crippen molar-refractivity contribution in [3.05, 3.63) is 35.2 Å². The molecule has 2 heterocycles. The summed E-state index contributed by atoms with van der Waals surface area (Å²) >= 11 is 0. The second kappa shape index (κ2) is 5.20. The van der Waals surface area contributed by atoms with Gasteiger partial charge in [-0.25, -0.2) is 9.97 Å². The van der Waals surface area contributed by atoms with Crippen LogP contribution in [0.4, 0.5) is 5.82 Å². The smallest absolute Gasteiger partial charge is 0.254 e. The van der Waals surface area contributed by atoms with Gasteiger partial charge < -0.3 is 16.6 Å². The SMILES string of the molecule is CC1=C(n2c(N)c(C(N)=O)c3nc(C)cnc32)C(C)C(O)C=C1. The Morgan fingerprint density at radius 3 is 2.74 bits per heavy atom. The zero-order valence-corrected chi connectivity index (χ0v) is 13.2. The second-order valence-electron chi connectivity index (χ2n) is 5.85. The van der Waals surface area contributed by atoms with Gasteiger partial charge >= 0.3 is 0 Å². The van der Waals surface area contributed by atoms with E-state index in [0.29, 0.717) is 16.9 Å². The molecule has 120 valence electrons. The molecule has 7 nitrogen and oxygen atoms in total. The summed E-state index contributed by atoms with van der Waals surface area (Å²) < 4.78 is 1.68. The molecule has 1 amide bonds. The summed E-state index contributed by atoms with van der Waals surface area (Å²) in [5, 5.41) is 10.1. The van der Waals surface area contributed by atoms with E-state index in [1.807, 2.05) is 19.9 Å². The van der Waals surface area contributed by atoms with Gasteiger partial charge in [0.05, 0.1) is 18.0 Å². The van der Waals surface area contributed by atoms with Gasteiger partial charge in [-0.2, -0.15) is 0 Å². The molecular weight excluding hydrogens is 294 g/mol. The van der Waals surface area contributed by atoms with E-state index in [4.69, 9.17) is 11.5 Å². The van der Waals surface area contributed by atoms with Crippen LogP contribution < -0.4 is 11.5 Å². The third kappa shape index (κ3) is 2.20. The highest BCUT2D eigenvalue weighted by Gasteiger charge is 2.29. The van der Waals surface area contributed by atoms with Crippen molar-refractivity contribution in [2.75, 3.05) is 5.73 Å². The average Bonchev–Trinajstić information content (AvgIpc) is 2.75. The van der Waals surface area contributed by atoms with E-state index in [1.165, 1.54) is 0 Å². The summed E-state index contributed by atoms with van der Waals surface area (Å²) in [5.41, 5.74) is 15.1. The number of fused-ring (bicyclic) bond motifs is 1. The summed E-state index contributed by atoms with van der Waals surface area (Å²) in [7, 11) is 0. The first-order chi connectivity index (χ1) is 10.8. The van der Waals surface area contributed by atoms with E-state index in [0.717, 1.165) is 11.3 Å². The van der Waals surface area contributed by atoms with E-state index in [9.17, 15) is 9.90 Å². The quantitative estimate of drug-likeness (QED) is 0.770. The van der Waals surface area contributed by atoms with Crippen molar-refractivity contribution in [3.63, 3.8) is 0 Å². The number of primary amides is 1. The van der Waals surface area contributed by atoms with Gasteiger partial charge in [-0.3, -0.25) is 9.36 Å². The lowest BCUT2D eigenvalue weighted by atomic mass is 9.91. The van der Waals surface area contributed by atoms with Crippen molar-refractivity contribution < 1.29 is 9.90 Å². The molecule has 1 aliphatic rings. The zero-order valence-electron chi connectivity index (χ0n) is 13.2. The van der Waals surface area contributed by atoms with E-state index >= 15 is 0 Å². The molecule has 0 fully saturated rings. The number of rotatable bonds is 2. The molecule has 0 radical (unpaired) electrons. The maximum absolute atomic E-state index is 11.9. The van der Waals surface area contributed by atoms with Crippen LogP contribution >= 0.6 is 0 Å². The van der Waals surface area contributed by atoms with Crippen LogP contribution in [0.5, 0.6) is 0 Å². The average molecular weight is 313 g/mol. The minimum absolute atomic E-state index is 0.160. The number of nitrogens with two attached hydrogens (primary N) is 2. The Hall–Kier alpha value is -2.67. The number of nitrogen functional groups attached to an aromatic ring is 1. The zero-order chi connectivity index (χ0) is 16.9. The summed E-state index contributed by atoms with van der Waals surface area (Å²) in [6, 6.07) is 0. The number of aryl methyl sites for hydroxylation is 1. The van der Waals surface area contributed by atoms with Gasteiger partial charge in [0.2, 0.25) is 0 Å². The molecule has 3 rings (SSSR count). The van der Waals surface area contributed by atoms with Gasteiger partial charge in [-0.05, 0) is 19.4 Å². The lowest BCUT2D eigenvalue weighted by molar-refractivity contribution is 0.100. The molecule has 0 saturated heterocycles. The molecule has 5 N–H and O–H groups in total. The van der Waals surface area contributed by atoms with Gasteiger partial charge in [-0.15, -0.1) is 0 Å². The van der Waals surface area contributed by atoms with Crippen LogP contribution in [0.25, 0.3) is 16.9 Å². The largest absolute Gasteiger partial charge is 0.388 e. The lowest BCUT2D eigenvalue weighted by Crippen LogP contribution is -2.24. The monoisotopic (exact) mass is 313 g/mol. The first-order valence-corrected chi connectivity index (χ1v) is 7.33. The van der Waals surface area contributed by atoms with Gasteiger partial charge in [0.25, 0.3) is 5.91 Å². The van der Waals surface area contributed by atoms with Crippen LogP contribution in [0.2, 0.25) is 0 Å². The number of carbonyl (C=O) groups excluding carboxylic acids is 1. The maximum Gasteiger partial charge on any atom is 0.254 e. The summed E-state index contributed by atoms with van der Waals surface area (Å²) in [4.78, 5) is 20.6. The number of carbonyl (C=O) groups is 1. The Balaban J connectivity index is 2.41. The summed E-state index contributed by atoms with van der Waals surface area (Å²) in [6.45, 7) is 5.60. The Labute approximate surface area is 133 Å². The van der Waals surface area contributed by atoms with Gasteiger partial charge in [0.15, 0.2) is 5.65 Å². The number of aliphatic hydroxyl groups excluding tert-OH is 1. The fourth-order valence-corrected chi connectivity index (χ4v) is 3.03. The molecule has 2 unspecified atom stereocenters. The Morgan fingerprint density at radius 1 is 1.39 bits per heavy atom. The lowest BCUT2D eigenvalue weighted by Gasteiger charge is -2.27. The Morgan fingerprint density at radius 2 is 2.09 bits per heavy atom. The molecule has 0 aliphatic heterocycles. The second-order valence-corrected chi connectivity index (χ2v) is 5.85. The van der Waals surface area contributed by atoms with Crippen LogP contribution in [0.1, 0.15) is 29.9 Å². The minimum Gasteiger partial charge on any atom is -0.388 e. The number of hydrogen-bond acceptors (Lipinski definition) is 5. The molecule has 23 heavy (non-hydrogen) atoms. The molecule has 7 heteroatoms. The molecule has 0 bridgehead atoms. The highest BCUT2D eigenvalue weighted by atomic mass is 16.3. The van der Waals surface area contributed by atoms with Gasteiger partial charge in [-0.1, -0.05) is 19.1 Å². The third-order valence-electron chi connectivity index (χ3n) is 4.20. The van der Waals surface area contributed by atoms with Crippen LogP contribution in [0.15, 0.2) is 23.9 Å². The number of allylic oxidation sites excluding steroid dienone is 2. The highest BCUT2D eigenvalue weighted by Crippen LogP contribution is 2.36. The standard InChI is InChI=1S/C16H19N5O2/c1-7-4-5-10(22)9(3)13(7)21-14(17)11(15(18)23)12-16(21)19-6-8(2)20-12/h4-6,9-10,22H,17H2,1-3H3,(H2,18,23). The van der Waals surface area contributed by atoms with Crippen molar-refractivity contribution >= 4 is 28.6 Å². The van der Waals surface area contributed by atoms with Crippen molar-refractivity contribution in [3.8, 4) is 0 Å². The molecule has 0 spiro atoms. The first kappa shape index (κ1) is 15.2. The van der Waals surface area contributed by atoms with Gasteiger partial charge in [0.1, 0.15) is 16.9 Å². The number of nitrogens with zero attached hydrogens (tertiary/aromatic N) is 3. The van der Waals surface area contributed by atoms with Crippen LogP contribution in [0.3, 0.4) is 0 Å². The maximum atomic E-state index is 11.9. The fourth-order valence-electron chi connectivity index (χ4n) is 3.03. The third-order valence-corrected chi connectivity index (χ3v) is 4.20. The van der Waals surface area contributed by atoms with Crippen molar-refractivity contribution in [1.82, 2.24) is 14.5 Å². The number of anilines is 1. The normalized spacial score (nSPS) is 21.2. The van der Waals surface area contributed by atoms with Crippen molar-refractivity contribution in [2.45, 2.75) is 26.9 Å². The van der Waals surface area contributed by atoms with E-state index < -0.39 is 12.0 Å². The van der Waals surface area contributed by atoms with Crippen molar-refractivity contribution in [2.24, 2.45) is 11.7 Å². The summed E-state index contributed by atoms with van der Waals surface area (Å²) in [6.07, 6.45) is 4.53. The van der Waals surface area contributed by atoms with Crippen LogP contribution in [-0.4, -0.2) is 31.7 Å². The Kier molecular flexibility index (Phi) is 3.45. The first-order valence-electron chi connectivity index (χ1n) is 7.33. The number of aromatic nitrogens is 3. The van der Waals surface area contributed by atoms with Crippen LogP contribution in [-0.2, 0) is 0 Å². The van der Waals surface area contributed by atoms with Gasteiger partial charge in [0, 0.05) is 11.6 Å². The van der Waals surface area contributed by atoms with E-state index in [2.05, 4.69) is 9.97 Å². The predicted molar refractivity (Wildman–Crippen MR) is 88.4 cm³/mol. The summed E-state index contributed by atoms with van der Waals surface area (Å²) in [5.74, 6) is -0.660. The van der Waals surface area contributed by atoms with E-state index in [-0.39, 0.29) is 17.3 Å². The number of aliphatic hydroxyl groups is 1. The fraction of sp³-hybridized carbons (Fsp3) is 0.312. The molecular formula is C16H19N5O2. The minimum atomic E-state index is -0.649. The highest BCUT2D eigenvalue weighted by molar-refractivity contribution is 6.10. The molecule has 2 aromatic heterocycles. The topological polar surface area (TPSA) is 120 Å². The predicted octanol–water partition coefficient (Wildman–Crippen LogP) is 1.22. The van der Waals surface area contributed by atoms with Crippen molar-refractivity contribution in [1.29, 1.82) is 0 Å². The molecule has 1 aliphatic carbocycles. The van der Waals surface area contributed by atoms with Crippen LogP contribution in [0, 0.1) is 12.8 Å². The molecule has 0 saturated carbocycles.